The second-order valence-electron chi connectivity index (χ2n) is 7.93. The van der Waals surface area contributed by atoms with Crippen molar-refractivity contribution in [3.63, 3.8) is 0 Å². The van der Waals surface area contributed by atoms with Crippen LogP contribution in [0.2, 0.25) is 10.0 Å². The molecule has 2 aromatic carbocycles. The molecule has 186 valence electrons. The molecule has 0 radical (unpaired) electrons. The number of carbonyl (C=O) groups is 2. The molecule has 0 heterocycles. The van der Waals surface area contributed by atoms with Crippen molar-refractivity contribution in [2.45, 2.75) is 45.7 Å². The maximum absolute atomic E-state index is 13.6. The van der Waals surface area contributed by atoms with Gasteiger partial charge in [-0.05, 0) is 48.7 Å². The van der Waals surface area contributed by atoms with Crippen molar-refractivity contribution in [2.24, 2.45) is 0 Å². The summed E-state index contributed by atoms with van der Waals surface area (Å²) in [7, 11) is -3.79. The molecular formula is C24H31Cl2N3O4S. The summed E-state index contributed by atoms with van der Waals surface area (Å²) < 4.78 is 26.1. The minimum Gasteiger partial charge on any atom is -0.354 e. The fourth-order valence-corrected chi connectivity index (χ4v) is 4.63. The van der Waals surface area contributed by atoms with Crippen molar-refractivity contribution in [3.8, 4) is 0 Å². The number of sulfonamides is 1. The average Bonchev–Trinajstić information content (AvgIpc) is 2.78. The van der Waals surface area contributed by atoms with Crippen molar-refractivity contribution >= 4 is 50.7 Å². The molecule has 0 spiro atoms. The van der Waals surface area contributed by atoms with E-state index in [1.807, 2.05) is 13.8 Å². The number of nitrogens with one attached hydrogen (secondary N) is 1. The summed E-state index contributed by atoms with van der Waals surface area (Å²) in [6.07, 6.45) is 3.12. The first-order valence-electron chi connectivity index (χ1n) is 11.1. The van der Waals surface area contributed by atoms with Crippen LogP contribution < -0.4 is 9.62 Å². The third kappa shape index (κ3) is 7.89. The van der Waals surface area contributed by atoms with Gasteiger partial charge in [-0.25, -0.2) is 8.42 Å². The minimum absolute atomic E-state index is 0.0659. The highest BCUT2D eigenvalue weighted by atomic mass is 35.5. The van der Waals surface area contributed by atoms with Gasteiger partial charge in [-0.3, -0.25) is 13.9 Å². The van der Waals surface area contributed by atoms with Gasteiger partial charge in [0, 0.05) is 23.1 Å². The summed E-state index contributed by atoms with van der Waals surface area (Å²) in [6, 6.07) is 12.4. The molecule has 1 atom stereocenters. The zero-order valence-corrected chi connectivity index (χ0v) is 22.0. The van der Waals surface area contributed by atoms with Crippen molar-refractivity contribution < 1.29 is 18.0 Å². The zero-order valence-electron chi connectivity index (χ0n) is 19.6. The number of nitrogens with zero attached hydrogens (tertiary/aromatic N) is 2. The number of amides is 2. The van der Waals surface area contributed by atoms with Gasteiger partial charge in [-0.2, -0.15) is 0 Å². The molecule has 0 aliphatic carbocycles. The Morgan fingerprint density at radius 1 is 1.03 bits per heavy atom. The standard InChI is InChI=1S/C24H31Cl2N3O4S/c1-4-6-15-27-24(31)22(5-2)28(16-18-9-7-8-10-21(18)26)23(30)17-29(34(3,32)33)20-13-11-19(25)12-14-20/h7-14,22H,4-6,15-17H2,1-3H3,(H,27,31). The minimum atomic E-state index is -3.79. The number of hydrogen-bond donors (Lipinski definition) is 1. The van der Waals surface area contributed by atoms with Crippen LogP contribution in [0.15, 0.2) is 48.5 Å². The van der Waals surface area contributed by atoms with Crippen LogP contribution in [-0.2, 0) is 26.2 Å². The van der Waals surface area contributed by atoms with Gasteiger partial charge in [0.1, 0.15) is 12.6 Å². The summed E-state index contributed by atoms with van der Waals surface area (Å²) in [5.41, 5.74) is 0.966. The van der Waals surface area contributed by atoms with Gasteiger partial charge in [-0.15, -0.1) is 0 Å². The predicted octanol–water partition coefficient (Wildman–Crippen LogP) is 4.48. The van der Waals surface area contributed by atoms with Crippen LogP contribution in [0.1, 0.15) is 38.7 Å². The van der Waals surface area contributed by atoms with Crippen LogP contribution >= 0.6 is 23.2 Å². The number of halogens is 2. The summed E-state index contributed by atoms with van der Waals surface area (Å²) in [5.74, 6) is -0.800. The van der Waals surface area contributed by atoms with Gasteiger partial charge in [0.15, 0.2) is 0 Å². The Kier molecular flexibility index (Phi) is 10.7. The van der Waals surface area contributed by atoms with E-state index in [1.54, 1.807) is 36.4 Å². The Morgan fingerprint density at radius 3 is 2.24 bits per heavy atom. The van der Waals surface area contributed by atoms with E-state index in [0.717, 1.165) is 23.4 Å². The van der Waals surface area contributed by atoms with Gasteiger partial charge < -0.3 is 10.2 Å². The van der Waals surface area contributed by atoms with Gasteiger partial charge >= 0.3 is 0 Å². The van der Waals surface area contributed by atoms with Crippen LogP contribution in [-0.4, -0.2) is 50.5 Å². The Morgan fingerprint density at radius 2 is 1.68 bits per heavy atom. The summed E-state index contributed by atoms with van der Waals surface area (Å²) in [5, 5.41) is 3.78. The number of carbonyl (C=O) groups excluding carboxylic acids is 2. The molecule has 0 saturated heterocycles. The topological polar surface area (TPSA) is 86.8 Å². The van der Waals surface area contributed by atoms with E-state index in [1.165, 1.54) is 17.0 Å². The second-order valence-corrected chi connectivity index (χ2v) is 10.7. The lowest BCUT2D eigenvalue weighted by Gasteiger charge is -2.33. The molecule has 0 aliphatic rings. The van der Waals surface area contributed by atoms with E-state index in [9.17, 15) is 18.0 Å². The Hall–Kier alpha value is -2.29. The first-order chi connectivity index (χ1) is 16.1. The maximum Gasteiger partial charge on any atom is 0.244 e. The lowest BCUT2D eigenvalue weighted by molar-refractivity contribution is -0.140. The quantitative estimate of drug-likeness (QED) is 0.412. The SMILES string of the molecule is CCCCNC(=O)C(CC)N(Cc1ccccc1Cl)C(=O)CN(c1ccc(Cl)cc1)S(C)(=O)=O. The van der Waals surface area contributed by atoms with E-state index >= 15 is 0 Å². The van der Waals surface area contributed by atoms with E-state index in [-0.39, 0.29) is 12.5 Å². The first kappa shape index (κ1) is 28.0. The Labute approximate surface area is 212 Å². The molecule has 0 bridgehead atoms. The van der Waals surface area contributed by atoms with Gasteiger partial charge in [0.05, 0.1) is 11.9 Å². The van der Waals surface area contributed by atoms with Crippen LogP contribution in [0.3, 0.4) is 0 Å². The normalized spacial score (nSPS) is 12.1. The molecule has 2 amide bonds. The lowest BCUT2D eigenvalue weighted by Crippen LogP contribution is -2.52. The summed E-state index contributed by atoms with van der Waals surface area (Å²) >= 11 is 12.3. The Balaban J connectivity index is 2.40. The maximum atomic E-state index is 13.6. The molecule has 1 unspecified atom stereocenters. The molecule has 0 saturated carbocycles. The zero-order chi connectivity index (χ0) is 25.3. The molecule has 0 aliphatic heterocycles. The van der Waals surface area contributed by atoms with E-state index in [2.05, 4.69) is 5.32 Å². The van der Waals surface area contributed by atoms with Crippen LogP contribution in [0.5, 0.6) is 0 Å². The first-order valence-corrected chi connectivity index (χ1v) is 13.7. The molecule has 2 rings (SSSR count). The molecule has 1 N–H and O–H groups in total. The number of rotatable bonds is 12. The number of unbranched alkanes of at least 4 members (excludes halogenated alkanes) is 1. The molecule has 7 nitrogen and oxygen atoms in total. The molecular weight excluding hydrogens is 497 g/mol. The Bertz CT molecular complexity index is 1080. The molecule has 0 fully saturated rings. The van der Waals surface area contributed by atoms with Crippen LogP contribution in [0.25, 0.3) is 0 Å². The summed E-state index contributed by atoms with van der Waals surface area (Å²) in [6.45, 7) is 3.93. The van der Waals surface area contributed by atoms with E-state index in [0.29, 0.717) is 34.3 Å². The van der Waals surface area contributed by atoms with Crippen LogP contribution in [0.4, 0.5) is 5.69 Å². The van der Waals surface area contributed by atoms with Gasteiger partial charge in [0.25, 0.3) is 0 Å². The van der Waals surface area contributed by atoms with Gasteiger partial charge in [-0.1, -0.05) is 61.7 Å². The number of benzene rings is 2. The highest BCUT2D eigenvalue weighted by Gasteiger charge is 2.31. The second kappa shape index (κ2) is 13.0. The highest BCUT2D eigenvalue weighted by Crippen LogP contribution is 2.23. The van der Waals surface area contributed by atoms with Crippen molar-refractivity contribution in [3.05, 3.63) is 64.1 Å². The lowest BCUT2D eigenvalue weighted by atomic mass is 10.1. The highest BCUT2D eigenvalue weighted by molar-refractivity contribution is 7.92. The number of anilines is 1. The fourth-order valence-electron chi connectivity index (χ4n) is 3.46. The molecule has 2 aromatic rings. The molecule has 34 heavy (non-hydrogen) atoms. The fraction of sp³-hybridized carbons (Fsp3) is 0.417. The van der Waals surface area contributed by atoms with Crippen molar-refractivity contribution in [2.75, 3.05) is 23.7 Å². The molecule has 10 heteroatoms. The smallest absolute Gasteiger partial charge is 0.244 e. The predicted molar refractivity (Wildman–Crippen MR) is 138 cm³/mol. The van der Waals surface area contributed by atoms with Crippen molar-refractivity contribution in [1.82, 2.24) is 10.2 Å². The van der Waals surface area contributed by atoms with Crippen LogP contribution in [0, 0.1) is 0 Å². The number of hydrogen-bond acceptors (Lipinski definition) is 4. The third-order valence-electron chi connectivity index (χ3n) is 5.31. The van der Waals surface area contributed by atoms with Gasteiger partial charge in [0.2, 0.25) is 21.8 Å². The van der Waals surface area contributed by atoms with E-state index < -0.39 is 28.5 Å². The largest absolute Gasteiger partial charge is 0.354 e. The van der Waals surface area contributed by atoms with Crippen molar-refractivity contribution in [1.29, 1.82) is 0 Å². The molecule has 0 aromatic heterocycles. The monoisotopic (exact) mass is 527 g/mol. The van der Waals surface area contributed by atoms with E-state index in [4.69, 9.17) is 23.2 Å². The third-order valence-corrected chi connectivity index (χ3v) is 7.07. The average molecular weight is 529 g/mol. The summed E-state index contributed by atoms with van der Waals surface area (Å²) in [4.78, 5) is 27.9.